The number of hydrogen-bond donors (Lipinski definition) is 1. The van der Waals surface area contributed by atoms with Crippen LogP contribution in [0.15, 0.2) is 18.2 Å². The molecule has 0 spiro atoms. The second-order valence-corrected chi connectivity index (χ2v) is 5.06. The van der Waals surface area contributed by atoms with Gasteiger partial charge in [0.05, 0.1) is 11.6 Å². The number of benzene rings is 1. The van der Waals surface area contributed by atoms with Crippen LogP contribution in [0.2, 0.25) is 0 Å². The van der Waals surface area contributed by atoms with E-state index in [2.05, 4.69) is 0 Å². The van der Waals surface area contributed by atoms with E-state index >= 15 is 0 Å². The monoisotopic (exact) mass is 262 g/mol. The normalized spacial score (nSPS) is 23.2. The van der Waals surface area contributed by atoms with Gasteiger partial charge in [0.15, 0.2) is 0 Å². The molecule has 0 bridgehead atoms. The second-order valence-electron chi connectivity index (χ2n) is 5.06. The van der Waals surface area contributed by atoms with Gasteiger partial charge in [0.25, 0.3) is 0 Å². The molecule has 2 rings (SSSR count). The van der Waals surface area contributed by atoms with Crippen molar-refractivity contribution in [2.24, 2.45) is 0 Å². The van der Waals surface area contributed by atoms with Gasteiger partial charge in [-0.3, -0.25) is 9.69 Å². The predicted octanol–water partition coefficient (Wildman–Crippen LogP) is 2.14. The van der Waals surface area contributed by atoms with Crippen LogP contribution in [0.4, 0.5) is 4.39 Å². The SMILES string of the molecule is C[C@@]1(C(=O)O)CCCN1Cc1cc(F)cc(C#N)c1. The summed E-state index contributed by atoms with van der Waals surface area (Å²) in [6.45, 7) is 2.70. The minimum atomic E-state index is -0.904. The molecule has 1 N–H and O–H groups in total. The minimum absolute atomic E-state index is 0.256. The van der Waals surface area contributed by atoms with E-state index in [1.165, 1.54) is 12.1 Å². The molecule has 1 aliphatic heterocycles. The summed E-state index contributed by atoms with van der Waals surface area (Å²) in [6.07, 6.45) is 1.39. The first-order valence-corrected chi connectivity index (χ1v) is 6.14. The summed E-state index contributed by atoms with van der Waals surface area (Å²) in [4.78, 5) is 13.2. The summed E-state index contributed by atoms with van der Waals surface area (Å²) in [5.41, 5.74) is -0.0174. The highest BCUT2D eigenvalue weighted by atomic mass is 19.1. The summed E-state index contributed by atoms with van der Waals surface area (Å²) in [7, 11) is 0. The molecule has 1 saturated heterocycles. The van der Waals surface area contributed by atoms with Crippen molar-refractivity contribution in [1.29, 1.82) is 5.26 Å². The van der Waals surface area contributed by atoms with E-state index in [9.17, 15) is 14.3 Å². The highest BCUT2D eigenvalue weighted by molar-refractivity contribution is 5.78. The number of aliphatic carboxylic acids is 1. The molecule has 0 saturated carbocycles. The third kappa shape index (κ3) is 2.59. The van der Waals surface area contributed by atoms with Crippen molar-refractivity contribution < 1.29 is 14.3 Å². The molecular weight excluding hydrogens is 247 g/mol. The Morgan fingerprint density at radius 2 is 2.32 bits per heavy atom. The van der Waals surface area contributed by atoms with Crippen LogP contribution in [-0.2, 0) is 11.3 Å². The van der Waals surface area contributed by atoms with E-state index in [0.717, 1.165) is 6.42 Å². The first-order chi connectivity index (χ1) is 8.95. The van der Waals surface area contributed by atoms with Crippen molar-refractivity contribution in [1.82, 2.24) is 4.90 Å². The molecule has 1 fully saturated rings. The zero-order chi connectivity index (χ0) is 14.0. The van der Waals surface area contributed by atoms with Gasteiger partial charge in [-0.15, -0.1) is 0 Å². The summed E-state index contributed by atoms with van der Waals surface area (Å²) in [5, 5.41) is 18.1. The summed E-state index contributed by atoms with van der Waals surface area (Å²) >= 11 is 0. The van der Waals surface area contributed by atoms with E-state index in [0.29, 0.717) is 25.1 Å². The van der Waals surface area contributed by atoms with Crippen LogP contribution in [0.1, 0.15) is 30.9 Å². The number of rotatable bonds is 3. The molecule has 0 aliphatic carbocycles. The Morgan fingerprint density at radius 3 is 2.95 bits per heavy atom. The number of carboxylic acids is 1. The van der Waals surface area contributed by atoms with Gasteiger partial charge in [0, 0.05) is 6.54 Å². The fraction of sp³-hybridized carbons (Fsp3) is 0.429. The number of likely N-dealkylation sites (tertiary alicyclic amines) is 1. The first kappa shape index (κ1) is 13.5. The zero-order valence-electron chi connectivity index (χ0n) is 10.7. The molecule has 1 atom stereocenters. The number of nitrogens with zero attached hydrogens (tertiary/aromatic N) is 2. The average Bonchev–Trinajstić information content (AvgIpc) is 2.71. The van der Waals surface area contributed by atoms with Gasteiger partial charge in [0.2, 0.25) is 0 Å². The van der Waals surface area contributed by atoms with Crippen LogP contribution in [0, 0.1) is 17.1 Å². The van der Waals surface area contributed by atoms with Crippen LogP contribution in [0.25, 0.3) is 0 Å². The van der Waals surface area contributed by atoms with Gasteiger partial charge in [0.1, 0.15) is 11.4 Å². The molecule has 0 radical (unpaired) electrons. The topological polar surface area (TPSA) is 64.3 Å². The Kier molecular flexibility index (Phi) is 3.54. The van der Waals surface area contributed by atoms with Crippen molar-refractivity contribution in [2.75, 3.05) is 6.54 Å². The maximum absolute atomic E-state index is 13.4. The van der Waals surface area contributed by atoms with Gasteiger partial charge in [-0.25, -0.2) is 4.39 Å². The Bertz CT molecular complexity index is 553. The van der Waals surface area contributed by atoms with Crippen molar-refractivity contribution >= 4 is 5.97 Å². The summed E-state index contributed by atoms with van der Waals surface area (Å²) < 4.78 is 13.4. The second kappa shape index (κ2) is 4.98. The molecule has 5 heteroatoms. The quantitative estimate of drug-likeness (QED) is 0.906. The molecule has 0 unspecified atom stereocenters. The van der Waals surface area contributed by atoms with Gasteiger partial charge in [-0.2, -0.15) is 5.26 Å². The van der Waals surface area contributed by atoms with Crippen LogP contribution < -0.4 is 0 Å². The lowest BCUT2D eigenvalue weighted by Crippen LogP contribution is -2.47. The number of carbonyl (C=O) groups is 1. The van der Waals surface area contributed by atoms with E-state index in [4.69, 9.17) is 5.26 Å². The first-order valence-electron chi connectivity index (χ1n) is 6.14. The fourth-order valence-corrected chi connectivity index (χ4v) is 2.54. The summed E-state index contributed by atoms with van der Waals surface area (Å²) in [5.74, 6) is -1.33. The molecule has 1 aromatic carbocycles. The molecule has 4 nitrogen and oxygen atoms in total. The predicted molar refractivity (Wildman–Crippen MR) is 66.8 cm³/mol. The van der Waals surface area contributed by atoms with Crippen LogP contribution in [0.5, 0.6) is 0 Å². The van der Waals surface area contributed by atoms with Gasteiger partial charge in [-0.1, -0.05) is 0 Å². The van der Waals surface area contributed by atoms with Crippen molar-refractivity contribution in [3.8, 4) is 6.07 Å². The third-order valence-electron chi connectivity index (χ3n) is 3.71. The van der Waals surface area contributed by atoms with Gasteiger partial charge in [-0.05, 0) is 50.1 Å². The maximum Gasteiger partial charge on any atom is 0.323 e. The Labute approximate surface area is 111 Å². The smallest absolute Gasteiger partial charge is 0.323 e. The summed E-state index contributed by atoms with van der Waals surface area (Å²) in [6, 6.07) is 6.02. The van der Waals surface area contributed by atoms with Gasteiger partial charge < -0.3 is 5.11 Å². The number of nitriles is 1. The lowest BCUT2D eigenvalue weighted by Gasteiger charge is -2.31. The number of hydrogen-bond acceptors (Lipinski definition) is 3. The lowest BCUT2D eigenvalue weighted by molar-refractivity contribution is -0.148. The average molecular weight is 262 g/mol. The third-order valence-corrected chi connectivity index (χ3v) is 3.71. The fourth-order valence-electron chi connectivity index (χ4n) is 2.54. The largest absolute Gasteiger partial charge is 0.480 e. The molecule has 19 heavy (non-hydrogen) atoms. The van der Waals surface area contributed by atoms with Crippen LogP contribution >= 0.6 is 0 Å². The number of carboxylic acid groups (broad SMARTS) is 1. The molecule has 1 aliphatic rings. The lowest BCUT2D eigenvalue weighted by atomic mass is 9.98. The highest BCUT2D eigenvalue weighted by Crippen LogP contribution is 2.31. The molecule has 1 aromatic rings. The van der Waals surface area contributed by atoms with Crippen molar-refractivity contribution in [2.45, 2.75) is 31.8 Å². The maximum atomic E-state index is 13.4. The van der Waals surface area contributed by atoms with E-state index < -0.39 is 17.3 Å². The molecule has 1 heterocycles. The van der Waals surface area contributed by atoms with E-state index in [1.807, 2.05) is 11.0 Å². The Balaban J connectivity index is 2.24. The van der Waals surface area contributed by atoms with Crippen LogP contribution in [0.3, 0.4) is 0 Å². The molecule has 0 amide bonds. The zero-order valence-corrected chi connectivity index (χ0v) is 10.7. The van der Waals surface area contributed by atoms with Crippen molar-refractivity contribution in [3.63, 3.8) is 0 Å². The van der Waals surface area contributed by atoms with E-state index in [1.54, 1.807) is 13.0 Å². The molecule has 0 aromatic heterocycles. The van der Waals surface area contributed by atoms with E-state index in [-0.39, 0.29) is 5.56 Å². The Hall–Kier alpha value is -1.93. The highest BCUT2D eigenvalue weighted by Gasteiger charge is 2.43. The Morgan fingerprint density at radius 1 is 1.58 bits per heavy atom. The van der Waals surface area contributed by atoms with Crippen LogP contribution in [-0.4, -0.2) is 28.1 Å². The van der Waals surface area contributed by atoms with Crippen molar-refractivity contribution in [3.05, 3.63) is 35.1 Å². The molecular formula is C14H15FN2O2. The standard InChI is InChI=1S/C14H15FN2O2/c1-14(13(18)19)3-2-4-17(14)9-11-5-10(8-16)6-12(15)7-11/h5-7H,2-4,9H2,1H3,(H,18,19)/t14-/m0/s1. The number of halogens is 1. The molecule has 100 valence electrons. The minimum Gasteiger partial charge on any atom is -0.480 e. The van der Waals surface area contributed by atoms with Gasteiger partial charge >= 0.3 is 5.97 Å².